The van der Waals surface area contributed by atoms with Crippen LogP contribution < -0.4 is 0 Å². The number of rotatable bonds is 12. The topological polar surface area (TPSA) is 100 Å². The van der Waals surface area contributed by atoms with Crippen molar-refractivity contribution in [3.05, 3.63) is 0 Å². The summed E-state index contributed by atoms with van der Waals surface area (Å²) in [4.78, 5) is 37.9. The first-order valence-corrected chi connectivity index (χ1v) is 10.3. The molecule has 0 unspecified atom stereocenters. The maximum Gasteiger partial charge on any atom is 0.389 e. The summed E-state index contributed by atoms with van der Waals surface area (Å²) in [6.07, 6.45) is -6.80. The lowest BCUT2D eigenvalue weighted by Gasteiger charge is -2.30. The summed E-state index contributed by atoms with van der Waals surface area (Å²) in [6.45, 7) is 4.72. The Morgan fingerprint density at radius 2 is 1.63 bits per heavy atom. The molecule has 0 aromatic heterocycles. The first-order chi connectivity index (χ1) is 13.9. The second kappa shape index (κ2) is 14.2. The molecule has 0 aliphatic rings. The van der Waals surface area contributed by atoms with E-state index in [1.165, 1.54) is 20.8 Å². The second-order valence-corrected chi connectivity index (χ2v) is 7.07. The lowest BCUT2D eigenvalue weighted by molar-refractivity contribution is -0.182. The number of carbonyl (C=O) groups excluding carboxylic acids is 3. The Morgan fingerprint density at radius 3 is 2.10 bits per heavy atom. The van der Waals surface area contributed by atoms with Gasteiger partial charge in [0.2, 0.25) is 0 Å². The van der Waals surface area contributed by atoms with Crippen molar-refractivity contribution in [2.45, 2.75) is 65.0 Å². The van der Waals surface area contributed by atoms with E-state index in [0.717, 1.165) is 18.7 Å². The van der Waals surface area contributed by atoms with Gasteiger partial charge in [-0.1, -0.05) is 0 Å². The van der Waals surface area contributed by atoms with E-state index in [4.69, 9.17) is 18.9 Å². The Hall–Kier alpha value is -1.82. The van der Waals surface area contributed by atoms with Crippen LogP contribution >= 0.6 is 11.8 Å². The van der Waals surface area contributed by atoms with E-state index in [1.807, 2.05) is 0 Å². The Kier molecular flexibility index (Phi) is 13.4. The number of thioether (sulfide) groups is 1. The molecule has 0 bridgehead atoms. The zero-order chi connectivity index (χ0) is 23.3. The molecule has 0 fully saturated rings. The summed E-state index contributed by atoms with van der Waals surface area (Å²) in [5.41, 5.74) is 0. The fourth-order valence-electron chi connectivity index (χ4n) is 2.30. The highest BCUT2D eigenvalue weighted by molar-refractivity contribution is 8.13. The standard InChI is InChI=1S/C18H28F3NO7S/c1-11(28-13(3)24)17(29-14(4)25)15(10-27-12(2)23)26-9-8-22-16(30-5)6-7-18(19,20)21/h11,15,17H,6-10H2,1-5H3/t11-,15-,17+/m1/s1. The van der Waals surface area contributed by atoms with Gasteiger partial charge in [-0.15, -0.1) is 11.8 Å². The van der Waals surface area contributed by atoms with E-state index >= 15 is 0 Å². The summed E-state index contributed by atoms with van der Waals surface area (Å²) in [7, 11) is 0. The molecule has 0 saturated carbocycles. The van der Waals surface area contributed by atoms with Gasteiger partial charge in [0.1, 0.15) is 18.8 Å². The first kappa shape index (κ1) is 28.2. The number of hydrogen-bond acceptors (Lipinski definition) is 9. The molecule has 8 nitrogen and oxygen atoms in total. The maximum atomic E-state index is 12.3. The van der Waals surface area contributed by atoms with Crippen LogP contribution in [0, 0.1) is 0 Å². The molecule has 0 spiro atoms. The molecule has 0 radical (unpaired) electrons. The lowest BCUT2D eigenvalue weighted by Crippen LogP contribution is -2.45. The third-order valence-corrected chi connectivity index (χ3v) is 4.31. The van der Waals surface area contributed by atoms with E-state index in [9.17, 15) is 27.6 Å². The third-order valence-electron chi connectivity index (χ3n) is 3.50. The van der Waals surface area contributed by atoms with Crippen molar-refractivity contribution in [3.8, 4) is 0 Å². The molecular weight excluding hydrogens is 431 g/mol. The van der Waals surface area contributed by atoms with Crippen molar-refractivity contribution in [2.75, 3.05) is 26.0 Å². The number of alkyl halides is 3. The van der Waals surface area contributed by atoms with Gasteiger partial charge in [0, 0.05) is 33.6 Å². The second-order valence-electron chi connectivity index (χ2n) is 6.20. The molecule has 0 aliphatic heterocycles. The Morgan fingerprint density at radius 1 is 1.03 bits per heavy atom. The van der Waals surface area contributed by atoms with Crippen LogP contribution in [0.4, 0.5) is 13.2 Å². The monoisotopic (exact) mass is 459 g/mol. The van der Waals surface area contributed by atoms with Crippen molar-refractivity contribution in [1.82, 2.24) is 0 Å². The van der Waals surface area contributed by atoms with Crippen molar-refractivity contribution >= 4 is 34.7 Å². The van der Waals surface area contributed by atoms with E-state index in [2.05, 4.69) is 4.99 Å². The van der Waals surface area contributed by atoms with Crippen LogP contribution in [-0.2, 0) is 33.3 Å². The van der Waals surface area contributed by atoms with Crippen LogP contribution in [0.25, 0.3) is 0 Å². The molecule has 0 saturated heterocycles. The zero-order valence-corrected chi connectivity index (χ0v) is 18.4. The molecule has 3 atom stereocenters. The molecule has 0 rings (SSSR count). The maximum absolute atomic E-state index is 12.3. The van der Waals surface area contributed by atoms with Gasteiger partial charge >= 0.3 is 24.1 Å². The molecule has 0 aliphatic carbocycles. The van der Waals surface area contributed by atoms with Crippen molar-refractivity contribution < 1.29 is 46.5 Å². The van der Waals surface area contributed by atoms with E-state index in [1.54, 1.807) is 6.26 Å². The van der Waals surface area contributed by atoms with Gasteiger partial charge in [-0.25, -0.2) is 0 Å². The highest BCUT2D eigenvalue weighted by Crippen LogP contribution is 2.23. The number of aliphatic imine (C=N–C) groups is 1. The predicted octanol–water partition coefficient (Wildman–Crippen LogP) is 2.92. The minimum atomic E-state index is -4.27. The summed E-state index contributed by atoms with van der Waals surface area (Å²) >= 11 is 1.11. The molecule has 174 valence electrons. The molecule has 0 aromatic rings. The van der Waals surface area contributed by atoms with Gasteiger partial charge in [-0.05, 0) is 13.2 Å². The number of nitrogens with zero attached hydrogens (tertiary/aromatic N) is 1. The summed E-state index contributed by atoms with van der Waals surface area (Å²) in [6, 6.07) is 0. The highest BCUT2D eigenvalue weighted by Gasteiger charge is 2.33. The van der Waals surface area contributed by atoms with Crippen LogP contribution in [0.1, 0.15) is 40.5 Å². The minimum absolute atomic E-state index is 0.0410. The van der Waals surface area contributed by atoms with Crippen molar-refractivity contribution in [2.24, 2.45) is 4.99 Å². The van der Waals surface area contributed by atoms with Gasteiger partial charge in [0.05, 0.1) is 18.2 Å². The fraction of sp³-hybridized carbons (Fsp3) is 0.778. The quantitative estimate of drug-likeness (QED) is 0.144. The SMILES string of the molecule is CSC(CCC(F)(F)F)=NCCO[C@H](COC(C)=O)[C@@H](OC(C)=O)[C@@H](C)OC(C)=O. The predicted molar refractivity (Wildman–Crippen MR) is 104 cm³/mol. The number of hydrogen-bond donors (Lipinski definition) is 0. The molecule has 12 heteroatoms. The molecular formula is C18H28F3NO7S. The highest BCUT2D eigenvalue weighted by atomic mass is 32.2. The molecule has 0 N–H and O–H groups in total. The first-order valence-electron chi connectivity index (χ1n) is 9.09. The van der Waals surface area contributed by atoms with Crippen molar-refractivity contribution in [1.29, 1.82) is 0 Å². The van der Waals surface area contributed by atoms with Crippen molar-refractivity contribution in [3.63, 3.8) is 0 Å². The average molecular weight is 459 g/mol. The van der Waals surface area contributed by atoms with Gasteiger partial charge in [0.25, 0.3) is 0 Å². The van der Waals surface area contributed by atoms with E-state index in [-0.39, 0.29) is 26.2 Å². The van der Waals surface area contributed by atoms with Gasteiger partial charge in [0.15, 0.2) is 6.10 Å². The molecule has 0 aromatic carbocycles. The number of halogens is 3. The Bertz CT molecular complexity index is 599. The minimum Gasteiger partial charge on any atom is -0.463 e. The van der Waals surface area contributed by atoms with Crippen LogP contribution in [0.15, 0.2) is 4.99 Å². The Balaban J connectivity index is 5.11. The summed E-state index contributed by atoms with van der Waals surface area (Å²) < 4.78 is 57.8. The molecule has 0 amide bonds. The zero-order valence-electron chi connectivity index (χ0n) is 17.6. The summed E-state index contributed by atoms with van der Waals surface area (Å²) in [5, 5.41) is 0.317. The van der Waals surface area contributed by atoms with E-state index in [0.29, 0.717) is 5.04 Å². The van der Waals surface area contributed by atoms with Gasteiger partial charge in [-0.2, -0.15) is 13.2 Å². The largest absolute Gasteiger partial charge is 0.463 e. The third kappa shape index (κ3) is 14.2. The Labute approximate surface area is 177 Å². The van der Waals surface area contributed by atoms with Gasteiger partial charge < -0.3 is 18.9 Å². The summed E-state index contributed by atoms with van der Waals surface area (Å²) in [5.74, 6) is -1.87. The smallest absolute Gasteiger partial charge is 0.389 e. The average Bonchev–Trinajstić information content (AvgIpc) is 2.60. The molecule has 30 heavy (non-hydrogen) atoms. The van der Waals surface area contributed by atoms with Crippen LogP contribution in [0.3, 0.4) is 0 Å². The van der Waals surface area contributed by atoms with Crippen LogP contribution in [0.2, 0.25) is 0 Å². The fourth-order valence-corrected chi connectivity index (χ4v) is 2.83. The molecule has 0 heterocycles. The lowest BCUT2D eigenvalue weighted by atomic mass is 10.1. The van der Waals surface area contributed by atoms with Gasteiger partial charge in [-0.3, -0.25) is 19.4 Å². The van der Waals surface area contributed by atoms with E-state index < -0.39 is 48.8 Å². The van der Waals surface area contributed by atoms with Crippen LogP contribution in [0.5, 0.6) is 0 Å². The normalized spacial score (nSPS) is 15.1. The number of ether oxygens (including phenoxy) is 4. The van der Waals surface area contributed by atoms with Crippen LogP contribution in [-0.4, -0.2) is 73.5 Å². The number of esters is 3. The number of carbonyl (C=O) groups is 3.